The molecule has 0 heterocycles. The molecule has 1 saturated carbocycles. The minimum absolute atomic E-state index is 0.495. The van der Waals surface area contributed by atoms with E-state index < -0.39 is 10.0 Å². The van der Waals surface area contributed by atoms with E-state index in [1.54, 1.807) is 6.07 Å². The maximum absolute atomic E-state index is 11.3. The molecule has 2 N–H and O–H groups in total. The summed E-state index contributed by atoms with van der Waals surface area (Å²) in [4.78, 5) is 0. The van der Waals surface area contributed by atoms with E-state index in [2.05, 4.69) is 17.0 Å². The molecule has 118 valence electrons. The molecule has 0 amide bonds. The first-order chi connectivity index (χ1) is 9.96. The highest BCUT2D eigenvalue weighted by atomic mass is 32.2. The van der Waals surface area contributed by atoms with Crippen LogP contribution in [0.15, 0.2) is 24.3 Å². The highest BCUT2D eigenvalue weighted by molar-refractivity contribution is 7.92. The molecule has 1 aromatic rings. The van der Waals surface area contributed by atoms with Crippen molar-refractivity contribution in [2.75, 3.05) is 16.3 Å². The number of hydrogen-bond acceptors (Lipinski definition) is 3. The van der Waals surface area contributed by atoms with E-state index in [1.165, 1.54) is 44.8 Å². The minimum atomic E-state index is -3.22. The SMILES string of the molecule is CCC1CCCC(Nc2cccc(NS(C)(=O)=O)c2)CC1. The second kappa shape index (κ2) is 7.16. The lowest BCUT2D eigenvalue weighted by Crippen LogP contribution is -2.18. The number of sulfonamides is 1. The van der Waals surface area contributed by atoms with Crippen LogP contribution in [0.3, 0.4) is 0 Å². The normalized spacial score (nSPS) is 23.3. The van der Waals surface area contributed by atoms with Crippen LogP contribution in [-0.4, -0.2) is 20.7 Å². The fourth-order valence-electron chi connectivity index (χ4n) is 3.05. The predicted molar refractivity (Wildman–Crippen MR) is 89.2 cm³/mol. The highest BCUT2D eigenvalue weighted by Gasteiger charge is 2.17. The first-order valence-electron chi connectivity index (χ1n) is 7.80. The van der Waals surface area contributed by atoms with Crippen molar-refractivity contribution in [1.82, 2.24) is 0 Å². The first-order valence-corrected chi connectivity index (χ1v) is 9.70. The number of benzene rings is 1. The van der Waals surface area contributed by atoms with Crippen LogP contribution < -0.4 is 10.0 Å². The highest BCUT2D eigenvalue weighted by Crippen LogP contribution is 2.27. The van der Waals surface area contributed by atoms with Gasteiger partial charge in [-0.25, -0.2) is 8.42 Å². The lowest BCUT2D eigenvalue weighted by molar-refractivity contribution is 0.444. The van der Waals surface area contributed by atoms with Crippen molar-refractivity contribution in [3.63, 3.8) is 0 Å². The topological polar surface area (TPSA) is 58.2 Å². The first kappa shape index (κ1) is 16.1. The number of nitrogens with one attached hydrogen (secondary N) is 2. The van der Waals surface area contributed by atoms with E-state index in [0.717, 1.165) is 11.6 Å². The minimum Gasteiger partial charge on any atom is -0.382 e. The van der Waals surface area contributed by atoms with Gasteiger partial charge in [-0.2, -0.15) is 0 Å². The summed E-state index contributed by atoms with van der Waals surface area (Å²) in [7, 11) is -3.22. The van der Waals surface area contributed by atoms with Gasteiger partial charge in [-0.1, -0.05) is 32.3 Å². The van der Waals surface area contributed by atoms with E-state index in [9.17, 15) is 8.42 Å². The third kappa shape index (κ3) is 5.58. The zero-order valence-corrected chi connectivity index (χ0v) is 13.7. The van der Waals surface area contributed by atoms with Crippen molar-refractivity contribution in [3.05, 3.63) is 24.3 Å². The third-order valence-electron chi connectivity index (χ3n) is 4.20. The summed E-state index contributed by atoms with van der Waals surface area (Å²) in [6.45, 7) is 2.28. The third-order valence-corrected chi connectivity index (χ3v) is 4.81. The molecule has 2 atom stereocenters. The maximum atomic E-state index is 11.3. The van der Waals surface area contributed by atoms with Crippen molar-refractivity contribution in [3.8, 4) is 0 Å². The largest absolute Gasteiger partial charge is 0.382 e. The molecule has 0 bridgehead atoms. The van der Waals surface area contributed by atoms with Crippen molar-refractivity contribution >= 4 is 21.4 Å². The van der Waals surface area contributed by atoms with Crippen LogP contribution in [0.25, 0.3) is 0 Å². The van der Waals surface area contributed by atoms with Gasteiger partial charge in [0.05, 0.1) is 11.9 Å². The summed E-state index contributed by atoms with van der Waals surface area (Å²) < 4.78 is 25.1. The van der Waals surface area contributed by atoms with Gasteiger partial charge in [-0.3, -0.25) is 4.72 Å². The van der Waals surface area contributed by atoms with Gasteiger partial charge in [0.25, 0.3) is 0 Å². The molecule has 0 aliphatic heterocycles. The van der Waals surface area contributed by atoms with E-state index >= 15 is 0 Å². The Bertz CT molecular complexity index is 557. The molecule has 2 rings (SSSR count). The van der Waals surface area contributed by atoms with Gasteiger partial charge in [0.2, 0.25) is 10.0 Å². The quantitative estimate of drug-likeness (QED) is 0.813. The second-order valence-electron chi connectivity index (χ2n) is 6.08. The van der Waals surface area contributed by atoms with Gasteiger partial charge in [0, 0.05) is 11.7 Å². The van der Waals surface area contributed by atoms with E-state index in [1.807, 2.05) is 18.2 Å². The van der Waals surface area contributed by atoms with Crippen LogP contribution >= 0.6 is 0 Å². The molecule has 5 heteroatoms. The molecule has 0 saturated heterocycles. The Hall–Kier alpha value is -1.23. The van der Waals surface area contributed by atoms with Gasteiger partial charge in [-0.15, -0.1) is 0 Å². The maximum Gasteiger partial charge on any atom is 0.229 e. The molecule has 4 nitrogen and oxygen atoms in total. The fraction of sp³-hybridized carbons (Fsp3) is 0.625. The van der Waals surface area contributed by atoms with E-state index in [4.69, 9.17) is 0 Å². The lowest BCUT2D eigenvalue weighted by atomic mass is 9.98. The number of anilines is 2. The second-order valence-corrected chi connectivity index (χ2v) is 7.83. The Morgan fingerprint density at radius 3 is 2.62 bits per heavy atom. The zero-order chi connectivity index (χ0) is 15.3. The van der Waals surface area contributed by atoms with Crippen LogP contribution in [0, 0.1) is 5.92 Å². The van der Waals surface area contributed by atoms with Crippen LogP contribution in [0.1, 0.15) is 45.4 Å². The Labute approximate surface area is 128 Å². The molecule has 2 unspecified atom stereocenters. The molecule has 1 aliphatic rings. The van der Waals surface area contributed by atoms with Crippen molar-refractivity contribution < 1.29 is 8.42 Å². The van der Waals surface area contributed by atoms with Crippen LogP contribution in [-0.2, 0) is 10.0 Å². The van der Waals surface area contributed by atoms with Gasteiger partial charge in [0.1, 0.15) is 0 Å². The van der Waals surface area contributed by atoms with Gasteiger partial charge in [-0.05, 0) is 43.4 Å². The summed E-state index contributed by atoms with van der Waals surface area (Å²) in [5, 5.41) is 3.56. The Morgan fingerprint density at radius 2 is 1.90 bits per heavy atom. The summed E-state index contributed by atoms with van der Waals surface area (Å²) in [6.07, 6.45) is 8.74. The van der Waals surface area contributed by atoms with Crippen LogP contribution in [0.4, 0.5) is 11.4 Å². The Kier molecular flexibility index (Phi) is 5.51. The number of hydrogen-bond donors (Lipinski definition) is 2. The summed E-state index contributed by atoms with van der Waals surface area (Å²) in [5.74, 6) is 0.870. The average molecular weight is 310 g/mol. The molecule has 0 spiro atoms. The van der Waals surface area contributed by atoms with Crippen molar-refractivity contribution in [2.45, 2.75) is 51.5 Å². The van der Waals surface area contributed by atoms with Crippen LogP contribution in [0.5, 0.6) is 0 Å². The summed E-state index contributed by atoms with van der Waals surface area (Å²) >= 11 is 0. The van der Waals surface area contributed by atoms with Crippen LogP contribution in [0.2, 0.25) is 0 Å². The van der Waals surface area contributed by atoms with E-state index in [-0.39, 0.29) is 0 Å². The molecule has 1 aliphatic carbocycles. The lowest BCUT2D eigenvalue weighted by Gasteiger charge is -2.18. The summed E-state index contributed by atoms with van der Waals surface area (Å²) in [6, 6.07) is 8.00. The van der Waals surface area contributed by atoms with Gasteiger partial charge in [0.15, 0.2) is 0 Å². The average Bonchev–Trinajstić information content (AvgIpc) is 2.62. The monoisotopic (exact) mass is 310 g/mol. The molecular weight excluding hydrogens is 284 g/mol. The van der Waals surface area contributed by atoms with E-state index in [0.29, 0.717) is 11.7 Å². The predicted octanol–water partition coefficient (Wildman–Crippen LogP) is 3.83. The zero-order valence-electron chi connectivity index (χ0n) is 12.9. The summed E-state index contributed by atoms with van der Waals surface area (Å²) in [5.41, 5.74) is 1.60. The smallest absolute Gasteiger partial charge is 0.229 e. The van der Waals surface area contributed by atoms with Crippen molar-refractivity contribution in [1.29, 1.82) is 0 Å². The fourth-order valence-corrected chi connectivity index (χ4v) is 3.61. The Morgan fingerprint density at radius 1 is 1.14 bits per heavy atom. The van der Waals surface area contributed by atoms with Gasteiger partial charge < -0.3 is 5.32 Å². The van der Waals surface area contributed by atoms with Gasteiger partial charge >= 0.3 is 0 Å². The number of rotatable bonds is 5. The van der Waals surface area contributed by atoms with Crippen molar-refractivity contribution in [2.24, 2.45) is 5.92 Å². The molecule has 1 fully saturated rings. The Balaban J connectivity index is 1.98. The standard InChI is InChI=1S/C16H26N2O2S/c1-3-13-6-4-7-14(11-10-13)17-15-8-5-9-16(12-15)18-21(2,19)20/h5,8-9,12-14,17-18H,3-4,6-7,10-11H2,1-2H3. The molecular formula is C16H26N2O2S. The molecule has 1 aromatic carbocycles. The molecule has 21 heavy (non-hydrogen) atoms. The molecule has 0 aromatic heterocycles. The molecule has 0 radical (unpaired) electrons.